The average Bonchev–Trinajstić information content (AvgIpc) is 2.38. The second kappa shape index (κ2) is 7.89. The second-order valence-electron chi connectivity index (χ2n) is 4.16. The molecule has 0 atom stereocenters. The fourth-order valence-corrected chi connectivity index (χ4v) is 2.51. The van der Waals surface area contributed by atoms with E-state index in [1.54, 1.807) is 20.8 Å². The van der Waals surface area contributed by atoms with Crippen molar-refractivity contribution in [2.45, 2.75) is 20.8 Å². The lowest BCUT2D eigenvalue weighted by Gasteiger charge is -2.08. The van der Waals surface area contributed by atoms with Crippen LogP contribution in [0.3, 0.4) is 0 Å². The molecule has 0 amide bonds. The minimum atomic E-state index is -3.28. The largest absolute Gasteiger partial charge is 0.462 e. The minimum Gasteiger partial charge on any atom is -0.462 e. The smallest absolute Gasteiger partial charge is 0.341 e. The average molecular weight is 316 g/mol. The van der Waals surface area contributed by atoms with Gasteiger partial charge in [-0.1, -0.05) is 6.92 Å². The highest BCUT2D eigenvalue weighted by Crippen LogP contribution is 2.08. The van der Waals surface area contributed by atoms with Gasteiger partial charge in [0.15, 0.2) is 0 Å². The number of anilines is 1. The first-order valence-electron chi connectivity index (χ1n) is 6.61. The van der Waals surface area contributed by atoms with E-state index in [1.165, 1.54) is 6.20 Å². The van der Waals surface area contributed by atoms with Gasteiger partial charge in [-0.2, -0.15) is 0 Å². The van der Waals surface area contributed by atoms with E-state index in [9.17, 15) is 13.2 Å². The molecule has 0 fully saturated rings. The molecule has 0 aliphatic rings. The number of nitrogens with one attached hydrogen (secondary N) is 2. The summed E-state index contributed by atoms with van der Waals surface area (Å²) >= 11 is 0. The van der Waals surface area contributed by atoms with Gasteiger partial charge in [-0.15, -0.1) is 0 Å². The summed E-state index contributed by atoms with van der Waals surface area (Å²) in [5.41, 5.74) is 0.767. The first-order valence-corrected chi connectivity index (χ1v) is 8.26. The van der Waals surface area contributed by atoms with Crippen molar-refractivity contribution in [3.8, 4) is 0 Å². The fourth-order valence-electron chi connectivity index (χ4n) is 1.55. The lowest BCUT2D eigenvalue weighted by molar-refractivity contribution is 0.0524. The zero-order valence-electron chi connectivity index (χ0n) is 12.3. The molecular weight excluding hydrogens is 296 g/mol. The van der Waals surface area contributed by atoms with Gasteiger partial charge in [0.25, 0.3) is 0 Å². The zero-order valence-corrected chi connectivity index (χ0v) is 13.2. The maximum absolute atomic E-state index is 11.6. The van der Waals surface area contributed by atoms with Crippen LogP contribution in [0.2, 0.25) is 0 Å². The Morgan fingerprint density at radius 3 is 2.67 bits per heavy atom. The molecule has 9 heteroatoms. The summed E-state index contributed by atoms with van der Waals surface area (Å²) < 4.78 is 30.2. The van der Waals surface area contributed by atoms with E-state index in [4.69, 9.17) is 4.74 Å². The molecule has 0 saturated carbocycles. The maximum Gasteiger partial charge on any atom is 0.341 e. The van der Waals surface area contributed by atoms with Gasteiger partial charge in [0, 0.05) is 19.3 Å². The van der Waals surface area contributed by atoms with Gasteiger partial charge < -0.3 is 10.1 Å². The van der Waals surface area contributed by atoms with E-state index in [0.29, 0.717) is 17.8 Å². The summed E-state index contributed by atoms with van der Waals surface area (Å²) in [5, 5.41) is 2.80. The molecular formula is C12H20N4O4S. The SMILES string of the molecule is CCNS(=O)(=O)CCNc1ncc(C(=O)OCC)c(C)n1. The molecule has 0 radical (unpaired) electrons. The summed E-state index contributed by atoms with van der Waals surface area (Å²) in [6.45, 7) is 5.90. The summed E-state index contributed by atoms with van der Waals surface area (Å²) in [4.78, 5) is 19.7. The molecule has 0 unspecified atom stereocenters. The Bertz CT molecular complexity index is 589. The Morgan fingerprint density at radius 1 is 1.38 bits per heavy atom. The number of sulfonamides is 1. The molecule has 8 nitrogen and oxygen atoms in total. The molecule has 0 aliphatic heterocycles. The van der Waals surface area contributed by atoms with Crippen LogP contribution >= 0.6 is 0 Å². The van der Waals surface area contributed by atoms with Gasteiger partial charge >= 0.3 is 5.97 Å². The van der Waals surface area contributed by atoms with E-state index < -0.39 is 16.0 Å². The molecule has 0 spiro atoms. The van der Waals surface area contributed by atoms with Crippen LogP contribution in [0.4, 0.5) is 5.95 Å². The number of esters is 1. The zero-order chi connectivity index (χ0) is 15.9. The number of rotatable bonds is 8. The monoisotopic (exact) mass is 316 g/mol. The number of carbonyl (C=O) groups excluding carboxylic acids is 1. The third-order valence-electron chi connectivity index (χ3n) is 2.49. The summed E-state index contributed by atoms with van der Waals surface area (Å²) in [6, 6.07) is 0. The van der Waals surface area contributed by atoms with Crippen LogP contribution in [0, 0.1) is 6.92 Å². The highest BCUT2D eigenvalue weighted by molar-refractivity contribution is 7.89. The molecule has 0 saturated heterocycles. The summed E-state index contributed by atoms with van der Waals surface area (Å²) in [7, 11) is -3.28. The van der Waals surface area contributed by atoms with Crippen molar-refractivity contribution in [2.75, 3.05) is 30.8 Å². The Hall–Kier alpha value is -1.74. The lowest BCUT2D eigenvalue weighted by Crippen LogP contribution is -2.29. The number of ether oxygens (including phenoxy) is 1. The number of nitrogens with zero attached hydrogens (tertiary/aromatic N) is 2. The number of hydrogen-bond acceptors (Lipinski definition) is 7. The van der Waals surface area contributed by atoms with Crippen LogP contribution in [0.15, 0.2) is 6.20 Å². The van der Waals surface area contributed by atoms with Gasteiger partial charge in [0.05, 0.1) is 23.6 Å². The number of aryl methyl sites for hydroxylation is 1. The molecule has 118 valence electrons. The van der Waals surface area contributed by atoms with Crippen LogP contribution in [-0.2, 0) is 14.8 Å². The molecule has 0 aromatic carbocycles. The summed E-state index contributed by atoms with van der Waals surface area (Å²) in [6.07, 6.45) is 1.36. The third-order valence-corrected chi connectivity index (χ3v) is 3.96. The molecule has 2 N–H and O–H groups in total. The van der Waals surface area contributed by atoms with Crippen molar-refractivity contribution in [3.05, 3.63) is 17.5 Å². The van der Waals surface area contributed by atoms with Crippen LogP contribution in [0.5, 0.6) is 0 Å². The first-order chi connectivity index (χ1) is 9.89. The Kier molecular flexibility index (Phi) is 6.50. The van der Waals surface area contributed by atoms with Gasteiger partial charge in [0.2, 0.25) is 16.0 Å². The van der Waals surface area contributed by atoms with E-state index in [0.717, 1.165) is 0 Å². The molecule has 1 rings (SSSR count). The number of carbonyl (C=O) groups is 1. The topological polar surface area (TPSA) is 110 Å². The Labute approximate surface area is 124 Å². The van der Waals surface area contributed by atoms with Crippen molar-refractivity contribution in [1.82, 2.24) is 14.7 Å². The van der Waals surface area contributed by atoms with Gasteiger partial charge in [-0.3, -0.25) is 0 Å². The third kappa shape index (κ3) is 5.64. The van der Waals surface area contributed by atoms with Crippen molar-refractivity contribution in [1.29, 1.82) is 0 Å². The Morgan fingerprint density at radius 2 is 2.10 bits per heavy atom. The first kappa shape index (κ1) is 17.3. The standard InChI is InChI=1S/C12H20N4O4S/c1-4-15-21(18,19)7-6-13-12-14-8-10(9(3)16-12)11(17)20-5-2/h8,15H,4-7H2,1-3H3,(H,13,14,16). The molecule has 21 heavy (non-hydrogen) atoms. The summed E-state index contributed by atoms with van der Waals surface area (Å²) in [5.74, 6) is -0.286. The predicted octanol–water partition coefficient (Wildman–Crippen LogP) is 0.313. The van der Waals surface area contributed by atoms with Crippen LogP contribution in [-0.4, -0.2) is 49.8 Å². The maximum atomic E-state index is 11.6. The number of hydrogen-bond donors (Lipinski definition) is 2. The van der Waals surface area contributed by atoms with Gasteiger partial charge in [-0.25, -0.2) is 27.9 Å². The molecule has 0 bridgehead atoms. The highest BCUT2D eigenvalue weighted by atomic mass is 32.2. The van der Waals surface area contributed by atoms with Crippen molar-refractivity contribution < 1.29 is 17.9 Å². The lowest BCUT2D eigenvalue weighted by atomic mass is 10.2. The van der Waals surface area contributed by atoms with Crippen LogP contribution in [0.1, 0.15) is 29.9 Å². The highest BCUT2D eigenvalue weighted by Gasteiger charge is 2.13. The van der Waals surface area contributed by atoms with Crippen molar-refractivity contribution in [2.24, 2.45) is 0 Å². The van der Waals surface area contributed by atoms with Crippen molar-refractivity contribution >= 4 is 21.9 Å². The normalized spacial score (nSPS) is 11.2. The van der Waals surface area contributed by atoms with Crippen LogP contribution in [0.25, 0.3) is 0 Å². The fraction of sp³-hybridized carbons (Fsp3) is 0.583. The molecule has 0 aliphatic carbocycles. The molecule has 1 aromatic rings. The van der Waals surface area contributed by atoms with Gasteiger partial charge in [0.1, 0.15) is 0 Å². The van der Waals surface area contributed by atoms with Crippen LogP contribution < -0.4 is 10.0 Å². The number of aromatic nitrogens is 2. The Balaban J connectivity index is 2.62. The quantitative estimate of drug-likeness (QED) is 0.664. The molecule has 1 aromatic heterocycles. The predicted molar refractivity (Wildman–Crippen MR) is 78.7 cm³/mol. The minimum absolute atomic E-state index is 0.0805. The second-order valence-corrected chi connectivity index (χ2v) is 6.08. The van der Waals surface area contributed by atoms with E-state index in [-0.39, 0.29) is 24.9 Å². The van der Waals surface area contributed by atoms with E-state index >= 15 is 0 Å². The van der Waals surface area contributed by atoms with Gasteiger partial charge in [-0.05, 0) is 13.8 Å². The molecule has 1 heterocycles. The van der Waals surface area contributed by atoms with E-state index in [1.807, 2.05) is 0 Å². The van der Waals surface area contributed by atoms with E-state index in [2.05, 4.69) is 20.0 Å². The van der Waals surface area contributed by atoms with Crippen molar-refractivity contribution in [3.63, 3.8) is 0 Å².